The fourth-order valence-electron chi connectivity index (χ4n) is 4.38. The van der Waals surface area contributed by atoms with E-state index in [-0.39, 0.29) is 11.6 Å². The van der Waals surface area contributed by atoms with Crippen LogP contribution < -0.4 is 4.74 Å². The number of nitrogens with zero attached hydrogens (tertiary/aromatic N) is 1. The van der Waals surface area contributed by atoms with Gasteiger partial charge in [0, 0.05) is 33.7 Å². The first kappa shape index (κ1) is 18.5. The van der Waals surface area contributed by atoms with Crippen LogP contribution in [0.25, 0.3) is 21.7 Å². The van der Waals surface area contributed by atoms with Crippen molar-refractivity contribution in [1.82, 2.24) is 4.98 Å². The molecule has 5 aromatic rings. The predicted molar refractivity (Wildman–Crippen MR) is 124 cm³/mol. The van der Waals surface area contributed by atoms with Gasteiger partial charge in [-0.1, -0.05) is 48.0 Å². The summed E-state index contributed by atoms with van der Waals surface area (Å²) in [5.74, 6) is 0.639. The Balaban J connectivity index is 1.61. The van der Waals surface area contributed by atoms with E-state index in [1.54, 1.807) is 24.4 Å². The molecule has 4 aromatic carbocycles. The summed E-state index contributed by atoms with van der Waals surface area (Å²) in [7, 11) is 0. The number of pyridine rings is 1. The van der Waals surface area contributed by atoms with Crippen LogP contribution in [-0.2, 0) is 0 Å². The maximum Gasteiger partial charge on any atom is 0.198 e. The molecular formula is C28H17NO3. The third-order valence-electron chi connectivity index (χ3n) is 5.93. The molecule has 0 radical (unpaired) electrons. The molecule has 1 aliphatic carbocycles. The fraction of sp³-hybridized carbons (Fsp3) is 0.0357. The number of ketones is 2. The van der Waals surface area contributed by atoms with Crippen LogP contribution in [0, 0.1) is 6.92 Å². The Morgan fingerprint density at radius 3 is 2.47 bits per heavy atom. The molecule has 1 heterocycles. The molecule has 0 saturated carbocycles. The molecule has 0 bridgehead atoms. The van der Waals surface area contributed by atoms with E-state index in [9.17, 15) is 9.59 Å². The second-order valence-corrected chi connectivity index (χ2v) is 8.02. The van der Waals surface area contributed by atoms with Crippen molar-refractivity contribution in [3.8, 4) is 11.5 Å². The first-order valence-electron chi connectivity index (χ1n) is 10.4. The van der Waals surface area contributed by atoms with Gasteiger partial charge in [0.2, 0.25) is 0 Å². The number of hydrogen-bond donors (Lipinski definition) is 0. The number of aryl methyl sites for hydroxylation is 1. The predicted octanol–water partition coefficient (Wildman–Crippen LogP) is 6.26. The Labute approximate surface area is 184 Å². The van der Waals surface area contributed by atoms with Gasteiger partial charge >= 0.3 is 0 Å². The molecule has 1 aromatic heterocycles. The van der Waals surface area contributed by atoms with Crippen LogP contribution in [0.15, 0.2) is 85.1 Å². The topological polar surface area (TPSA) is 56.3 Å². The minimum atomic E-state index is -0.193. The number of aromatic nitrogens is 1. The minimum absolute atomic E-state index is 0.159. The Bertz CT molecular complexity index is 1600. The van der Waals surface area contributed by atoms with Gasteiger partial charge < -0.3 is 4.74 Å². The summed E-state index contributed by atoms with van der Waals surface area (Å²) in [5.41, 5.74) is 3.34. The van der Waals surface area contributed by atoms with Crippen LogP contribution in [0.2, 0.25) is 0 Å². The lowest BCUT2D eigenvalue weighted by Crippen LogP contribution is -2.22. The van der Waals surface area contributed by atoms with Crippen molar-refractivity contribution < 1.29 is 14.3 Å². The van der Waals surface area contributed by atoms with Crippen LogP contribution in [0.5, 0.6) is 11.5 Å². The highest BCUT2D eigenvalue weighted by molar-refractivity contribution is 6.31. The normalized spacial score (nSPS) is 12.7. The molecular weight excluding hydrogens is 398 g/mol. The van der Waals surface area contributed by atoms with Crippen molar-refractivity contribution in [3.05, 3.63) is 113 Å². The van der Waals surface area contributed by atoms with Crippen molar-refractivity contribution >= 4 is 33.2 Å². The molecule has 4 heteroatoms. The number of fused-ring (bicyclic) bond motifs is 4. The number of carbonyl (C=O) groups is 2. The number of rotatable bonds is 2. The van der Waals surface area contributed by atoms with Gasteiger partial charge in [-0.3, -0.25) is 14.6 Å². The van der Waals surface area contributed by atoms with Crippen molar-refractivity contribution in [2.45, 2.75) is 6.92 Å². The largest absolute Gasteiger partial charge is 0.456 e. The van der Waals surface area contributed by atoms with Crippen molar-refractivity contribution in [3.63, 3.8) is 0 Å². The quantitative estimate of drug-likeness (QED) is 0.335. The van der Waals surface area contributed by atoms with Gasteiger partial charge in [-0.2, -0.15) is 0 Å². The number of carbonyl (C=O) groups excluding carboxylic acids is 2. The smallest absolute Gasteiger partial charge is 0.198 e. The number of hydrogen-bond acceptors (Lipinski definition) is 4. The Hall–Kier alpha value is -4.31. The van der Waals surface area contributed by atoms with Gasteiger partial charge in [-0.15, -0.1) is 0 Å². The van der Waals surface area contributed by atoms with Crippen LogP contribution >= 0.6 is 0 Å². The molecule has 0 aliphatic heterocycles. The van der Waals surface area contributed by atoms with Gasteiger partial charge in [-0.25, -0.2) is 0 Å². The third-order valence-corrected chi connectivity index (χ3v) is 5.93. The van der Waals surface area contributed by atoms with E-state index < -0.39 is 0 Å². The zero-order valence-corrected chi connectivity index (χ0v) is 17.3. The molecule has 0 unspecified atom stereocenters. The van der Waals surface area contributed by atoms with E-state index >= 15 is 0 Å². The zero-order chi connectivity index (χ0) is 21.8. The molecule has 0 atom stereocenters. The summed E-state index contributed by atoms with van der Waals surface area (Å²) in [4.78, 5) is 31.4. The van der Waals surface area contributed by atoms with Gasteiger partial charge in [0.15, 0.2) is 11.6 Å². The lowest BCUT2D eigenvalue weighted by molar-refractivity contribution is 0.0977. The first-order chi connectivity index (χ1) is 15.6. The van der Waals surface area contributed by atoms with E-state index in [4.69, 9.17) is 4.74 Å². The van der Waals surface area contributed by atoms with Gasteiger partial charge in [0.25, 0.3) is 0 Å². The molecule has 0 saturated heterocycles. The second kappa shape index (κ2) is 6.86. The number of ether oxygens (including phenoxy) is 1. The molecule has 32 heavy (non-hydrogen) atoms. The van der Waals surface area contributed by atoms with Crippen molar-refractivity contribution in [1.29, 1.82) is 0 Å². The van der Waals surface area contributed by atoms with Crippen LogP contribution in [0.3, 0.4) is 0 Å². The SMILES string of the molecule is Cc1ccc2c(c1)C(=O)c1c(cc3ccccc3c1Oc1ccc3ncccc3c1)C2=O. The fourth-order valence-corrected chi connectivity index (χ4v) is 4.38. The maximum atomic E-state index is 13.6. The van der Waals surface area contributed by atoms with Crippen molar-refractivity contribution in [2.24, 2.45) is 0 Å². The average molecular weight is 415 g/mol. The van der Waals surface area contributed by atoms with Gasteiger partial charge in [0.05, 0.1) is 11.1 Å². The highest BCUT2D eigenvalue weighted by atomic mass is 16.5. The molecule has 0 spiro atoms. The first-order valence-corrected chi connectivity index (χ1v) is 10.4. The maximum absolute atomic E-state index is 13.6. The van der Waals surface area contributed by atoms with Crippen LogP contribution in [-0.4, -0.2) is 16.6 Å². The molecule has 1 aliphatic rings. The summed E-state index contributed by atoms with van der Waals surface area (Å²) >= 11 is 0. The van der Waals surface area contributed by atoms with Gasteiger partial charge in [0.1, 0.15) is 11.5 Å². The monoisotopic (exact) mass is 415 g/mol. The molecule has 4 nitrogen and oxygen atoms in total. The Morgan fingerprint density at radius 1 is 0.719 bits per heavy atom. The summed E-state index contributed by atoms with van der Waals surface area (Å²) < 4.78 is 6.36. The van der Waals surface area contributed by atoms with Gasteiger partial charge in [-0.05, 0) is 48.7 Å². The average Bonchev–Trinajstić information content (AvgIpc) is 2.82. The Morgan fingerprint density at radius 2 is 1.56 bits per heavy atom. The summed E-state index contributed by atoms with van der Waals surface area (Å²) in [6.07, 6.45) is 1.74. The summed E-state index contributed by atoms with van der Waals surface area (Å²) in [6.45, 7) is 1.91. The second-order valence-electron chi connectivity index (χ2n) is 8.02. The molecule has 6 rings (SSSR count). The molecule has 0 amide bonds. The van der Waals surface area contributed by atoms with E-state index in [0.29, 0.717) is 33.8 Å². The lowest BCUT2D eigenvalue weighted by atomic mass is 9.81. The van der Waals surface area contributed by atoms with Crippen LogP contribution in [0.1, 0.15) is 37.4 Å². The zero-order valence-electron chi connectivity index (χ0n) is 17.3. The molecule has 152 valence electrons. The van der Waals surface area contributed by atoms with E-state index in [1.165, 1.54) is 0 Å². The molecule has 0 N–H and O–H groups in total. The standard InChI is InChI=1S/C28H17NO3/c1-16-8-10-21-22(13-16)27(31)25-23(26(21)30)15-17-5-2-3-7-20(17)28(25)32-19-9-11-24-18(14-19)6-4-12-29-24/h2-15H,1H3. The highest BCUT2D eigenvalue weighted by Gasteiger charge is 2.34. The van der Waals surface area contributed by atoms with Crippen LogP contribution in [0.4, 0.5) is 0 Å². The minimum Gasteiger partial charge on any atom is -0.456 e. The highest BCUT2D eigenvalue weighted by Crippen LogP contribution is 2.41. The van der Waals surface area contributed by atoms with E-state index in [1.807, 2.05) is 67.6 Å². The van der Waals surface area contributed by atoms with E-state index in [2.05, 4.69) is 4.98 Å². The summed E-state index contributed by atoms with van der Waals surface area (Å²) in [5, 5.41) is 2.57. The summed E-state index contributed by atoms with van der Waals surface area (Å²) in [6, 6.07) is 24.3. The number of benzene rings is 4. The van der Waals surface area contributed by atoms with Crippen molar-refractivity contribution in [2.75, 3.05) is 0 Å². The lowest BCUT2D eigenvalue weighted by Gasteiger charge is -2.22. The third kappa shape index (κ3) is 2.73. The van der Waals surface area contributed by atoms with E-state index in [0.717, 1.165) is 27.2 Å². The molecule has 0 fully saturated rings. The Kier molecular flexibility index (Phi) is 3.95.